The van der Waals surface area contributed by atoms with E-state index in [1.165, 1.54) is 6.92 Å². The molecule has 1 unspecified atom stereocenters. The molecule has 206 valence electrons. The predicted octanol–water partition coefficient (Wildman–Crippen LogP) is 3.94. The van der Waals surface area contributed by atoms with Crippen molar-refractivity contribution >= 4 is 5.97 Å². The van der Waals surface area contributed by atoms with E-state index in [9.17, 15) is 25.2 Å². The van der Waals surface area contributed by atoms with E-state index in [2.05, 4.69) is 53.7 Å². The first-order valence-corrected chi connectivity index (χ1v) is 14.3. The van der Waals surface area contributed by atoms with Gasteiger partial charge < -0.3 is 25.2 Å². The van der Waals surface area contributed by atoms with E-state index in [1.807, 2.05) is 0 Å². The molecule has 4 saturated carbocycles. The molecular weight excluding hydrogens is 456 g/mol. The normalized spacial score (nSPS) is 50.3. The van der Waals surface area contributed by atoms with Crippen molar-refractivity contribution in [3.63, 3.8) is 0 Å². The van der Waals surface area contributed by atoms with E-state index in [1.54, 1.807) is 0 Å². The summed E-state index contributed by atoms with van der Waals surface area (Å²) in [6, 6.07) is 0. The average molecular weight is 507 g/mol. The highest BCUT2D eigenvalue weighted by atomic mass is 16.5. The monoisotopic (exact) mass is 506 g/mol. The predicted molar refractivity (Wildman–Crippen MR) is 139 cm³/mol. The van der Waals surface area contributed by atoms with Crippen molar-refractivity contribution in [2.24, 2.45) is 58.2 Å². The lowest BCUT2D eigenvalue weighted by Crippen LogP contribution is -2.67. The highest BCUT2D eigenvalue weighted by Gasteiger charge is 2.69. The van der Waals surface area contributed by atoms with Crippen molar-refractivity contribution < 1.29 is 30.0 Å². The molecule has 36 heavy (non-hydrogen) atoms. The summed E-state index contributed by atoms with van der Waals surface area (Å²) in [4.78, 5) is 12.2. The molecule has 0 saturated heterocycles. The highest BCUT2D eigenvalue weighted by molar-refractivity contribution is 5.66. The van der Waals surface area contributed by atoms with E-state index in [0.29, 0.717) is 37.5 Å². The fourth-order valence-corrected chi connectivity index (χ4v) is 9.35. The Morgan fingerprint density at radius 1 is 0.944 bits per heavy atom. The lowest BCUT2D eigenvalue weighted by Gasteiger charge is -2.64. The van der Waals surface area contributed by atoms with Crippen LogP contribution < -0.4 is 0 Å². The zero-order valence-corrected chi connectivity index (χ0v) is 23.3. The number of esters is 1. The summed E-state index contributed by atoms with van der Waals surface area (Å²) >= 11 is 0. The largest absolute Gasteiger partial charge is 0.462 e. The van der Waals surface area contributed by atoms with Gasteiger partial charge in [0.1, 0.15) is 6.10 Å². The minimum Gasteiger partial charge on any atom is -0.462 e. The Bertz CT molecular complexity index is 841. The third kappa shape index (κ3) is 4.48. The van der Waals surface area contributed by atoms with E-state index in [-0.39, 0.29) is 58.4 Å². The summed E-state index contributed by atoms with van der Waals surface area (Å²) in [6.07, 6.45) is 4.30. The van der Waals surface area contributed by atoms with Gasteiger partial charge in [0.05, 0.1) is 24.4 Å². The van der Waals surface area contributed by atoms with Crippen LogP contribution in [0.4, 0.5) is 0 Å². The number of rotatable bonds is 5. The zero-order valence-electron chi connectivity index (χ0n) is 23.3. The Labute approximate surface area is 217 Å². The van der Waals surface area contributed by atoms with Crippen molar-refractivity contribution in [2.75, 3.05) is 0 Å². The molecule has 6 heteroatoms. The quantitative estimate of drug-likeness (QED) is 0.332. The second-order valence-corrected chi connectivity index (χ2v) is 13.8. The first kappa shape index (κ1) is 28.1. The molecule has 4 rings (SSSR count). The number of hydrogen-bond donors (Lipinski definition) is 4. The van der Waals surface area contributed by atoms with Crippen LogP contribution in [0, 0.1) is 58.2 Å². The molecule has 4 aliphatic carbocycles. The number of ether oxygens (including phenoxy) is 1. The van der Waals surface area contributed by atoms with Gasteiger partial charge in [-0.25, -0.2) is 0 Å². The van der Waals surface area contributed by atoms with Crippen LogP contribution in [0.5, 0.6) is 0 Å². The lowest BCUT2D eigenvalue weighted by atomic mass is 9.42. The van der Waals surface area contributed by atoms with Gasteiger partial charge in [0.2, 0.25) is 0 Å². The maximum atomic E-state index is 12.2. The van der Waals surface area contributed by atoms with Crippen molar-refractivity contribution in [3.05, 3.63) is 12.2 Å². The van der Waals surface area contributed by atoms with E-state index in [0.717, 1.165) is 6.42 Å². The van der Waals surface area contributed by atoms with Crippen molar-refractivity contribution in [3.8, 4) is 0 Å². The van der Waals surface area contributed by atoms with Gasteiger partial charge >= 0.3 is 5.97 Å². The third-order valence-electron chi connectivity index (χ3n) is 11.4. The van der Waals surface area contributed by atoms with Gasteiger partial charge in [0, 0.05) is 12.8 Å². The number of aliphatic hydroxyl groups excluding tert-OH is 4. The minimum atomic E-state index is -0.971. The van der Waals surface area contributed by atoms with Gasteiger partial charge in [-0.15, -0.1) is 0 Å². The second-order valence-electron chi connectivity index (χ2n) is 13.8. The highest BCUT2D eigenvalue weighted by Crippen LogP contribution is 2.68. The molecule has 0 bridgehead atoms. The van der Waals surface area contributed by atoms with Gasteiger partial charge in [-0.05, 0) is 84.4 Å². The minimum absolute atomic E-state index is 0.0145. The zero-order chi connectivity index (χ0) is 26.7. The first-order valence-electron chi connectivity index (χ1n) is 14.3. The molecule has 4 fully saturated rings. The van der Waals surface area contributed by atoms with Crippen LogP contribution in [0.15, 0.2) is 12.2 Å². The molecule has 0 aliphatic heterocycles. The molecule has 0 radical (unpaired) electrons. The molecule has 0 aromatic carbocycles. The van der Waals surface area contributed by atoms with Crippen LogP contribution in [-0.4, -0.2) is 56.9 Å². The van der Waals surface area contributed by atoms with Gasteiger partial charge in [0.25, 0.3) is 0 Å². The first-order chi connectivity index (χ1) is 16.7. The Morgan fingerprint density at radius 3 is 2.22 bits per heavy atom. The number of carbonyl (C=O) groups excluding carboxylic acids is 1. The molecule has 6 nitrogen and oxygen atoms in total. The van der Waals surface area contributed by atoms with Crippen LogP contribution in [0.2, 0.25) is 0 Å². The number of carbonyl (C=O) groups is 1. The number of allylic oxidation sites excluding steroid dienone is 2. The summed E-state index contributed by atoms with van der Waals surface area (Å²) in [6.45, 7) is 14.6. The van der Waals surface area contributed by atoms with Crippen LogP contribution >= 0.6 is 0 Å². The summed E-state index contributed by atoms with van der Waals surface area (Å²) in [5, 5.41) is 45.0. The van der Waals surface area contributed by atoms with E-state index in [4.69, 9.17) is 4.74 Å². The summed E-state index contributed by atoms with van der Waals surface area (Å²) < 4.78 is 5.95. The molecule has 0 amide bonds. The number of aliphatic hydroxyl groups is 4. The summed E-state index contributed by atoms with van der Waals surface area (Å²) in [5.41, 5.74) is -0.694. The van der Waals surface area contributed by atoms with E-state index < -0.39 is 24.4 Å². The molecule has 0 heterocycles. The number of hydrogen-bond acceptors (Lipinski definition) is 6. The van der Waals surface area contributed by atoms with Crippen molar-refractivity contribution in [1.82, 2.24) is 0 Å². The van der Waals surface area contributed by atoms with Gasteiger partial charge in [0.15, 0.2) is 0 Å². The maximum absolute atomic E-state index is 12.2. The SMILES string of the molecule is CC(=O)O[C@H]1C[C@H]2[C@@H]3[C@@H](O)[C@@H](O)[C@H]4C[C@@H](O)CC[C@]4(C)[C@H]3[C@@H](O)C[C@]2(C)[C@H]1[C@H](C)/C=C/C(C)C(C)C. The molecule has 4 N–H and O–H groups in total. The van der Waals surface area contributed by atoms with Gasteiger partial charge in [-0.2, -0.15) is 0 Å². The fraction of sp³-hybridized carbons (Fsp3) is 0.900. The molecule has 14 atom stereocenters. The fourth-order valence-electron chi connectivity index (χ4n) is 9.35. The van der Waals surface area contributed by atoms with Gasteiger partial charge in [-0.3, -0.25) is 4.79 Å². The third-order valence-corrected chi connectivity index (χ3v) is 11.4. The Balaban J connectivity index is 1.72. The Kier molecular flexibility index (Phi) is 7.78. The average Bonchev–Trinajstić information content (AvgIpc) is 3.06. The number of fused-ring (bicyclic) bond motifs is 5. The molecule has 0 aromatic rings. The molecule has 0 spiro atoms. The van der Waals surface area contributed by atoms with Crippen LogP contribution in [0.25, 0.3) is 0 Å². The second kappa shape index (κ2) is 9.98. The molecule has 4 aliphatic rings. The Hall–Kier alpha value is -0.950. The molecular formula is C30H50O6. The molecule has 0 aromatic heterocycles. The summed E-state index contributed by atoms with van der Waals surface area (Å²) in [7, 11) is 0. The standard InChI is InChI=1S/C30H50O6/c1-15(2)16(3)8-9-17(4)25-23(36-18(5)31)13-20-24-26(22(33)14-30(20,25)7)29(6)11-10-19(32)12-21(29)27(34)28(24)35/h8-9,15-17,19-28,32-35H,10-14H2,1-7H3/b9-8+/t16?,17-,19+,20+,21-,22+,23+,24+,25+,26+,27+,28-,29+,30+/m1/s1. The maximum Gasteiger partial charge on any atom is 0.302 e. The smallest absolute Gasteiger partial charge is 0.302 e. The van der Waals surface area contributed by atoms with Crippen molar-refractivity contribution in [1.29, 1.82) is 0 Å². The Morgan fingerprint density at radius 2 is 1.61 bits per heavy atom. The van der Waals surface area contributed by atoms with Gasteiger partial charge in [-0.1, -0.05) is 53.7 Å². The van der Waals surface area contributed by atoms with Crippen LogP contribution in [0.3, 0.4) is 0 Å². The van der Waals surface area contributed by atoms with Crippen LogP contribution in [-0.2, 0) is 9.53 Å². The lowest BCUT2D eigenvalue weighted by molar-refractivity contribution is -0.249. The van der Waals surface area contributed by atoms with Crippen molar-refractivity contribution in [2.45, 2.75) is 111 Å². The van der Waals surface area contributed by atoms with Crippen LogP contribution in [0.1, 0.15) is 80.6 Å². The van der Waals surface area contributed by atoms with E-state index >= 15 is 0 Å². The summed E-state index contributed by atoms with van der Waals surface area (Å²) in [5.74, 6) is 0.157. The topological polar surface area (TPSA) is 107 Å².